The van der Waals surface area contributed by atoms with Crippen LogP contribution < -0.4 is 16.4 Å². The summed E-state index contributed by atoms with van der Waals surface area (Å²) in [6.07, 6.45) is -2.28. The number of carbonyl (C=O) groups excluding carboxylic acids is 1. The molecule has 202 valence electrons. The van der Waals surface area contributed by atoms with Crippen LogP contribution in [0.3, 0.4) is 0 Å². The molecule has 3 heterocycles. The summed E-state index contributed by atoms with van der Waals surface area (Å²) < 4.78 is 68.5. The summed E-state index contributed by atoms with van der Waals surface area (Å²) in [5.74, 6) is -0.0133. The molecule has 1 aromatic carbocycles. The number of hydrogen-bond donors (Lipinski definition) is 3. The van der Waals surface area contributed by atoms with E-state index >= 15 is 0 Å². The first-order chi connectivity index (χ1) is 18.0. The summed E-state index contributed by atoms with van der Waals surface area (Å²) in [7, 11) is 0. The van der Waals surface area contributed by atoms with E-state index in [1.165, 1.54) is 23.0 Å². The number of benzene rings is 1. The van der Waals surface area contributed by atoms with Crippen LogP contribution in [0.5, 0.6) is 0 Å². The highest BCUT2D eigenvalue weighted by Gasteiger charge is 2.38. The van der Waals surface area contributed by atoms with Crippen LogP contribution in [0, 0.1) is 0 Å². The van der Waals surface area contributed by atoms with Crippen LogP contribution >= 0.6 is 0 Å². The minimum absolute atomic E-state index is 0.00795. The molecule has 38 heavy (non-hydrogen) atoms. The first-order valence-electron chi connectivity index (χ1n) is 11.7. The molecule has 0 aliphatic rings. The Morgan fingerprint density at radius 3 is 2.63 bits per heavy atom. The van der Waals surface area contributed by atoms with Crippen molar-refractivity contribution in [1.29, 1.82) is 0 Å². The highest BCUT2D eigenvalue weighted by atomic mass is 19.4. The van der Waals surface area contributed by atoms with Gasteiger partial charge in [-0.25, -0.2) is 18.7 Å². The quantitative estimate of drug-likeness (QED) is 0.276. The molecule has 0 fully saturated rings. The van der Waals surface area contributed by atoms with Gasteiger partial charge in [0.15, 0.2) is 17.2 Å². The first kappa shape index (κ1) is 27.0. The Hall–Kier alpha value is -4.07. The van der Waals surface area contributed by atoms with Crippen molar-refractivity contribution >= 4 is 23.1 Å². The number of nitrogens with one attached hydrogen (secondary N) is 2. The third-order valence-electron chi connectivity index (χ3n) is 5.78. The molecule has 0 radical (unpaired) electrons. The normalized spacial score (nSPS) is 12.8. The van der Waals surface area contributed by atoms with Gasteiger partial charge in [0, 0.05) is 42.4 Å². The van der Waals surface area contributed by atoms with Crippen LogP contribution in [0.4, 0.5) is 33.5 Å². The maximum Gasteiger partial charge on any atom is 0.435 e. The number of aromatic nitrogens is 5. The molecule has 14 heteroatoms. The third kappa shape index (κ3) is 5.59. The third-order valence-corrected chi connectivity index (χ3v) is 5.78. The van der Waals surface area contributed by atoms with Gasteiger partial charge < -0.3 is 16.4 Å². The average molecular weight is 537 g/mol. The molecule has 0 aliphatic heterocycles. The molecule has 4 N–H and O–H groups in total. The van der Waals surface area contributed by atoms with Crippen LogP contribution in [0.15, 0.2) is 43.0 Å². The van der Waals surface area contributed by atoms with E-state index in [1.807, 2.05) is 6.92 Å². The predicted octanol–water partition coefficient (Wildman–Crippen LogP) is 4.26. The highest BCUT2D eigenvalue weighted by Crippen LogP contribution is 2.37. The van der Waals surface area contributed by atoms with Crippen molar-refractivity contribution in [3.8, 4) is 11.3 Å². The van der Waals surface area contributed by atoms with Gasteiger partial charge in [0.25, 0.3) is 12.3 Å². The number of aryl methyl sites for hydroxylation is 1. The van der Waals surface area contributed by atoms with Crippen LogP contribution in [0.2, 0.25) is 0 Å². The standard InChI is InChI=1S/C24H25F5N8O/c1-3-14-8-15(4-5-16(14)23(38)33-13(2)9-30)34-21-22-32-10-18(37(22)7-6-31-21)17-11-36(12-19(25)26)35-20(17)24(27,28)29/h4-8,10-11,13,19H,3,9,12,30H2,1-2H3,(H,31,34)(H,33,38)/t13-/m1/s1. The maximum absolute atomic E-state index is 13.7. The first-order valence-corrected chi connectivity index (χ1v) is 11.7. The van der Waals surface area contributed by atoms with Crippen molar-refractivity contribution in [2.45, 2.75) is 45.5 Å². The van der Waals surface area contributed by atoms with E-state index in [1.54, 1.807) is 25.1 Å². The largest absolute Gasteiger partial charge is 0.435 e. The number of hydrogen-bond acceptors (Lipinski definition) is 6. The second-order valence-corrected chi connectivity index (χ2v) is 8.58. The fraction of sp³-hybridized carbons (Fsp3) is 0.333. The Balaban J connectivity index is 1.69. The summed E-state index contributed by atoms with van der Waals surface area (Å²) in [5, 5.41) is 9.25. The molecule has 1 atom stereocenters. The second kappa shape index (κ2) is 10.7. The Morgan fingerprint density at radius 2 is 1.97 bits per heavy atom. The summed E-state index contributed by atoms with van der Waals surface area (Å²) >= 11 is 0. The zero-order chi connectivity index (χ0) is 27.6. The number of halogens is 5. The summed E-state index contributed by atoms with van der Waals surface area (Å²) in [4.78, 5) is 21.1. The lowest BCUT2D eigenvalue weighted by Gasteiger charge is -2.15. The van der Waals surface area contributed by atoms with E-state index in [9.17, 15) is 26.7 Å². The van der Waals surface area contributed by atoms with Crippen LogP contribution in [-0.4, -0.2) is 49.1 Å². The Morgan fingerprint density at radius 1 is 1.21 bits per heavy atom. The van der Waals surface area contributed by atoms with Gasteiger partial charge in [-0.05, 0) is 37.1 Å². The van der Waals surface area contributed by atoms with Crippen LogP contribution in [-0.2, 0) is 19.1 Å². The van der Waals surface area contributed by atoms with Crippen molar-refractivity contribution in [3.63, 3.8) is 0 Å². The van der Waals surface area contributed by atoms with Gasteiger partial charge in [-0.15, -0.1) is 0 Å². The topological polar surface area (TPSA) is 115 Å². The summed E-state index contributed by atoms with van der Waals surface area (Å²) in [6.45, 7) is 3.01. The number of nitrogens with two attached hydrogens (primary N) is 1. The molecular formula is C24H25F5N8O. The van der Waals surface area contributed by atoms with E-state index in [0.29, 0.717) is 28.9 Å². The van der Waals surface area contributed by atoms with Crippen molar-refractivity contribution < 1.29 is 26.7 Å². The maximum atomic E-state index is 13.7. The van der Waals surface area contributed by atoms with Gasteiger partial charge in [-0.3, -0.25) is 13.9 Å². The van der Waals surface area contributed by atoms with Gasteiger partial charge in [0.2, 0.25) is 0 Å². The smallest absolute Gasteiger partial charge is 0.348 e. The molecule has 9 nitrogen and oxygen atoms in total. The van der Waals surface area contributed by atoms with Crippen molar-refractivity contribution in [2.75, 3.05) is 11.9 Å². The lowest BCUT2D eigenvalue weighted by molar-refractivity contribution is -0.141. The van der Waals surface area contributed by atoms with E-state index in [4.69, 9.17) is 5.73 Å². The molecule has 0 saturated heterocycles. The SMILES string of the molecule is CCc1cc(Nc2nccn3c(-c4cn(CC(F)F)nc4C(F)(F)F)cnc23)ccc1C(=O)N[C@H](C)CN. The number of imidazole rings is 1. The molecule has 4 rings (SSSR count). The van der Waals surface area contributed by atoms with Crippen LogP contribution in [0.25, 0.3) is 16.9 Å². The zero-order valence-corrected chi connectivity index (χ0v) is 20.4. The molecule has 1 amide bonds. The molecular weight excluding hydrogens is 511 g/mol. The number of alkyl halides is 5. The number of carbonyl (C=O) groups is 1. The van der Waals surface area contributed by atoms with Crippen LogP contribution in [0.1, 0.15) is 35.5 Å². The average Bonchev–Trinajstić information content (AvgIpc) is 3.48. The predicted molar refractivity (Wildman–Crippen MR) is 130 cm³/mol. The monoisotopic (exact) mass is 536 g/mol. The molecule has 0 unspecified atom stereocenters. The lowest BCUT2D eigenvalue weighted by atomic mass is 10.0. The van der Waals surface area contributed by atoms with E-state index < -0.39 is 30.4 Å². The van der Waals surface area contributed by atoms with Crippen molar-refractivity contribution in [2.24, 2.45) is 5.73 Å². The van der Waals surface area contributed by atoms with Crippen molar-refractivity contribution in [3.05, 3.63) is 59.8 Å². The van der Waals surface area contributed by atoms with E-state index in [0.717, 1.165) is 11.8 Å². The molecule has 4 aromatic rings. The number of nitrogens with zero attached hydrogens (tertiary/aromatic N) is 5. The Labute approximate surface area is 213 Å². The molecule has 3 aromatic heterocycles. The molecule has 0 saturated carbocycles. The fourth-order valence-corrected chi connectivity index (χ4v) is 3.94. The van der Waals surface area contributed by atoms with Gasteiger partial charge in [0.05, 0.1) is 17.5 Å². The minimum Gasteiger partial charge on any atom is -0.348 e. The number of fused-ring (bicyclic) bond motifs is 1. The number of anilines is 2. The number of amides is 1. The molecule has 0 bridgehead atoms. The minimum atomic E-state index is -4.87. The van der Waals surface area contributed by atoms with Gasteiger partial charge in [-0.2, -0.15) is 18.3 Å². The van der Waals surface area contributed by atoms with E-state index in [2.05, 4.69) is 25.7 Å². The van der Waals surface area contributed by atoms with E-state index in [-0.39, 0.29) is 29.1 Å². The van der Waals surface area contributed by atoms with Gasteiger partial charge in [0.1, 0.15) is 6.54 Å². The molecule has 0 spiro atoms. The lowest BCUT2D eigenvalue weighted by Crippen LogP contribution is -2.38. The van der Waals surface area contributed by atoms with Crippen molar-refractivity contribution in [1.82, 2.24) is 29.5 Å². The van der Waals surface area contributed by atoms with Gasteiger partial charge in [-0.1, -0.05) is 6.92 Å². The highest BCUT2D eigenvalue weighted by molar-refractivity contribution is 5.96. The number of rotatable bonds is 9. The van der Waals surface area contributed by atoms with Gasteiger partial charge >= 0.3 is 6.18 Å². The second-order valence-electron chi connectivity index (χ2n) is 8.58. The zero-order valence-electron chi connectivity index (χ0n) is 20.4. The summed E-state index contributed by atoms with van der Waals surface area (Å²) in [5.41, 5.74) is 5.94. The summed E-state index contributed by atoms with van der Waals surface area (Å²) in [6, 6.07) is 4.91. The fourth-order valence-electron chi connectivity index (χ4n) is 3.94. The Bertz CT molecular complexity index is 1450. The molecule has 0 aliphatic carbocycles. The Kier molecular flexibility index (Phi) is 7.62.